The lowest BCUT2D eigenvalue weighted by Gasteiger charge is -2.13. The Balaban J connectivity index is 2.47. The number of halogens is 1. The van der Waals surface area contributed by atoms with E-state index in [1.165, 1.54) is 6.42 Å². The molecule has 0 fully saturated rings. The highest BCUT2D eigenvalue weighted by atomic mass is 79.9. The van der Waals surface area contributed by atoms with Gasteiger partial charge in [-0.25, -0.2) is 0 Å². The van der Waals surface area contributed by atoms with Gasteiger partial charge in [0.25, 0.3) is 0 Å². The molecule has 0 saturated carbocycles. The lowest BCUT2D eigenvalue weighted by Crippen LogP contribution is -2.29. The van der Waals surface area contributed by atoms with Gasteiger partial charge in [0.2, 0.25) is 0 Å². The van der Waals surface area contributed by atoms with Crippen LogP contribution >= 0.6 is 15.9 Å². The van der Waals surface area contributed by atoms with Crippen LogP contribution in [0, 0.1) is 0 Å². The standard InChI is InChI=1S/C11H17BrN2/c1-3-6-13-9(2)8-11-10(12)5-4-7-14-11/h4-5,7,9,13H,3,6,8H2,1-2H3. The van der Waals surface area contributed by atoms with E-state index in [1.807, 2.05) is 18.3 Å². The van der Waals surface area contributed by atoms with Crippen molar-refractivity contribution < 1.29 is 0 Å². The second-order valence-electron chi connectivity index (χ2n) is 3.49. The zero-order valence-electron chi connectivity index (χ0n) is 8.76. The van der Waals surface area contributed by atoms with Gasteiger partial charge in [-0.2, -0.15) is 0 Å². The van der Waals surface area contributed by atoms with Crippen molar-refractivity contribution in [2.24, 2.45) is 0 Å². The molecule has 14 heavy (non-hydrogen) atoms. The summed E-state index contributed by atoms with van der Waals surface area (Å²) in [4.78, 5) is 4.34. The summed E-state index contributed by atoms with van der Waals surface area (Å²) in [7, 11) is 0. The molecule has 0 aliphatic rings. The molecule has 1 unspecified atom stereocenters. The minimum atomic E-state index is 0.487. The molecule has 0 aliphatic carbocycles. The van der Waals surface area contributed by atoms with E-state index in [2.05, 4.69) is 40.1 Å². The monoisotopic (exact) mass is 256 g/mol. The highest BCUT2D eigenvalue weighted by Gasteiger charge is 2.05. The van der Waals surface area contributed by atoms with Gasteiger partial charge < -0.3 is 5.32 Å². The number of rotatable bonds is 5. The van der Waals surface area contributed by atoms with Crippen molar-refractivity contribution in [1.82, 2.24) is 10.3 Å². The fourth-order valence-electron chi connectivity index (χ4n) is 1.32. The largest absolute Gasteiger partial charge is 0.314 e. The van der Waals surface area contributed by atoms with Crippen molar-refractivity contribution >= 4 is 15.9 Å². The summed E-state index contributed by atoms with van der Waals surface area (Å²) in [6.45, 7) is 5.44. The van der Waals surface area contributed by atoms with E-state index >= 15 is 0 Å². The molecule has 78 valence electrons. The van der Waals surface area contributed by atoms with Gasteiger partial charge in [0.15, 0.2) is 0 Å². The van der Waals surface area contributed by atoms with Crippen LogP contribution in [0.25, 0.3) is 0 Å². The Kier molecular flexibility index (Phi) is 5.12. The number of aromatic nitrogens is 1. The SMILES string of the molecule is CCCNC(C)Cc1ncccc1Br. The molecule has 0 aromatic carbocycles. The molecule has 1 atom stereocenters. The van der Waals surface area contributed by atoms with Gasteiger partial charge >= 0.3 is 0 Å². The van der Waals surface area contributed by atoms with Crippen LogP contribution in [0.1, 0.15) is 26.0 Å². The van der Waals surface area contributed by atoms with Crippen LogP contribution in [0.4, 0.5) is 0 Å². The van der Waals surface area contributed by atoms with Crippen LogP contribution in [0.5, 0.6) is 0 Å². The predicted molar refractivity (Wildman–Crippen MR) is 63.4 cm³/mol. The first-order valence-electron chi connectivity index (χ1n) is 5.06. The molecule has 2 nitrogen and oxygen atoms in total. The fraction of sp³-hybridized carbons (Fsp3) is 0.545. The molecule has 1 aromatic heterocycles. The van der Waals surface area contributed by atoms with Crippen LogP contribution in [0.3, 0.4) is 0 Å². The van der Waals surface area contributed by atoms with Crippen LogP contribution in [-0.4, -0.2) is 17.6 Å². The Morgan fingerprint density at radius 3 is 3.00 bits per heavy atom. The van der Waals surface area contributed by atoms with Crippen LogP contribution < -0.4 is 5.32 Å². The van der Waals surface area contributed by atoms with Gasteiger partial charge in [0.1, 0.15) is 0 Å². The number of nitrogens with one attached hydrogen (secondary N) is 1. The number of pyridine rings is 1. The van der Waals surface area contributed by atoms with Crippen LogP contribution in [0.15, 0.2) is 22.8 Å². The second kappa shape index (κ2) is 6.14. The minimum Gasteiger partial charge on any atom is -0.314 e. The summed E-state index contributed by atoms with van der Waals surface area (Å²) in [6, 6.07) is 4.47. The molecule has 1 aromatic rings. The molecule has 0 saturated heterocycles. The predicted octanol–water partition coefficient (Wildman–Crippen LogP) is 2.77. The zero-order valence-corrected chi connectivity index (χ0v) is 10.3. The smallest absolute Gasteiger partial charge is 0.0560 e. The lowest BCUT2D eigenvalue weighted by molar-refractivity contribution is 0.538. The summed E-state index contributed by atoms with van der Waals surface area (Å²) in [5.74, 6) is 0. The molecular weight excluding hydrogens is 240 g/mol. The average Bonchev–Trinajstić information content (AvgIpc) is 2.18. The maximum atomic E-state index is 4.34. The Labute approximate surface area is 94.3 Å². The highest BCUT2D eigenvalue weighted by molar-refractivity contribution is 9.10. The topological polar surface area (TPSA) is 24.9 Å². The van der Waals surface area contributed by atoms with E-state index in [0.29, 0.717) is 6.04 Å². The van der Waals surface area contributed by atoms with Gasteiger partial charge in [-0.1, -0.05) is 6.92 Å². The Morgan fingerprint density at radius 1 is 1.57 bits per heavy atom. The third kappa shape index (κ3) is 3.76. The van der Waals surface area contributed by atoms with Crippen LogP contribution in [0.2, 0.25) is 0 Å². The van der Waals surface area contributed by atoms with E-state index in [0.717, 1.165) is 23.1 Å². The summed E-state index contributed by atoms with van der Waals surface area (Å²) in [6.07, 6.45) is 3.99. The number of nitrogens with zero attached hydrogens (tertiary/aromatic N) is 1. The second-order valence-corrected chi connectivity index (χ2v) is 4.35. The first-order chi connectivity index (χ1) is 6.74. The van der Waals surface area contributed by atoms with E-state index in [9.17, 15) is 0 Å². The molecule has 3 heteroatoms. The zero-order chi connectivity index (χ0) is 10.4. The average molecular weight is 257 g/mol. The molecular formula is C11H17BrN2. The quantitative estimate of drug-likeness (QED) is 0.877. The Morgan fingerprint density at radius 2 is 2.36 bits per heavy atom. The molecule has 1 heterocycles. The third-order valence-electron chi connectivity index (χ3n) is 2.08. The van der Waals surface area contributed by atoms with Crippen molar-refractivity contribution in [3.63, 3.8) is 0 Å². The maximum absolute atomic E-state index is 4.34. The van der Waals surface area contributed by atoms with Crippen molar-refractivity contribution in [1.29, 1.82) is 0 Å². The number of hydrogen-bond donors (Lipinski definition) is 1. The molecule has 1 N–H and O–H groups in total. The van der Waals surface area contributed by atoms with Crippen molar-refractivity contribution in [3.8, 4) is 0 Å². The molecule has 0 spiro atoms. The van der Waals surface area contributed by atoms with E-state index in [1.54, 1.807) is 0 Å². The summed E-state index contributed by atoms with van der Waals surface area (Å²) in [5, 5.41) is 3.45. The van der Waals surface area contributed by atoms with E-state index < -0.39 is 0 Å². The maximum Gasteiger partial charge on any atom is 0.0560 e. The van der Waals surface area contributed by atoms with Gasteiger partial charge in [0.05, 0.1) is 5.69 Å². The van der Waals surface area contributed by atoms with Crippen molar-refractivity contribution in [2.45, 2.75) is 32.7 Å². The Hall–Kier alpha value is -0.410. The minimum absolute atomic E-state index is 0.487. The lowest BCUT2D eigenvalue weighted by atomic mass is 10.1. The number of hydrogen-bond acceptors (Lipinski definition) is 2. The Bertz CT molecular complexity index is 276. The molecule has 0 bridgehead atoms. The molecule has 0 aliphatic heterocycles. The summed E-state index contributed by atoms with van der Waals surface area (Å²) < 4.78 is 1.10. The first-order valence-corrected chi connectivity index (χ1v) is 5.86. The van der Waals surface area contributed by atoms with Gasteiger partial charge in [-0.15, -0.1) is 0 Å². The summed E-state index contributed by atoms with van der Waals surface area (Å²) in [5.41, 5.74) is 1.13. The summed E-state index contributed by atoms with van der Waals surface area (Å²) >= 11 is 3.50. The third-order valence-corrected chi connectivity index (χ3v) is 2.80. The van der Waals surface area contributed by atoms with Crippen molar-refractivity contribution in [3.05, 3.63) is 28.5 Å². The highest BCUT2D eigenvalue weighted by Crippen LogP contribution is 2.14. The van der Waals surface area contributed by atoms with E-state index in [4.69, 9.17) is 0 Å². The van der Waals surface area contributed by atoms with Gasteiger partial charge in [-0.05, 0) is 48.0 Å². The van der Waals surface area contributed by atoms with E-state index in [-0.39, 0.29) is 0 Å². The molecule has 0 amide bonds. The van der Waals surface area contributed by atoms with Gasteiger partial charge in [0, 0.05) is 23.1 Å². The molecule has 1 rings (SSSR count). The molecule has 0 radical (unpaired) electrons. The van der Waals surface area contributed by atoms with Crippen molar-refractivity contribution in [2.75, 3.05) is 6.54 Å². The van der Waals surface area contributed by atoms with Crippen LogP contribution in [-0.2, 0) is 6.42 Å². The normalized spacial score (nSPS) is 12.8. The first kappa shape index (κ1) is 11.7. The fourth-order valence-corrected chi connectivity index (χ4v) is 1.74. The van der Waals surface area contributed by atoms with Gasteiger partial charge in [-0.3, -0.25) is 4.98 Å².